The van der Waals surface area contributed by atoms with Crippen molar-refractivity contribution in [3.8, 4) is 0 Å². The smallest absolute Gasteiger partial charge is 0.376 e. The number of ether oxygens (including phenoxy) is 1. The average molecular weight is 327 g/mol. The van der Waals surface area contributed by atoms with Crippen molar-refractivity contribution in [2.75, 3.05) is 6.61 Å². The number of aliphatic carboxylic acids is 1. The molecule has 0 spiro atoms. The first-order valence-corrected chi connectivity index (χ1v) is 6.67. The second-order valence-corrected chi connectivity index (χ2v) is 5.28. The standard InChI is InChI=1S/C12H14N4O7/c1-15-4-16(9-6(15)10(20)14-3-13-9)12(11(21)22)8(19)7(18)5(2-17)23-12/h3-5,7-8,17-19H,2H2,1H3,(H-,13,14,20,21,22)/p+1/t5-,7-,8-,12+/m1/s1. The number of aromatic amines is 1. The zero-order valence-electron chi connectivity index (χ0n) is 11.9. The Hall–Kier alpha value is -2.34. The molecule has 1 aliphatic rings. The first kappa shape index (κ1) is 15.6. The van der Waals surface area contributed by atoms with E-state index < -0.39 is 42.2 Å². The number of aromatic nitrogens is 4. The molecule has 3 rings (SSSR count). The summed E-state index contributed by atoms with van der Waals surface area (Å²) in [6.45, 7) is -0.688. The van der Waals surface area contributed by atoms with Crippen LogP contribution in [0.15, 0.2) is 17.4 Å². The number of rotatable bonds is 3. The van der Waals surface area contributed by atoms with Gasteiger partial charge in [-0.2, -0.15) is 4.57 Å². The molecule has 4 atom stereocenters. The summed E-state index contributed by atoms with van der Waals surface area (Å²) in [7, 11) is 1.49. The zero-order chi connectivity index (χ0) is 16.9. The highest BCUT2D eigenvalue weighted by atomic mass is 16.6. The molecule has 0 radical (unpaired) electrons. The van der Waals surface area contributed by atoms with Crippen molar-refractivity contribution in [2.45, 2.75) is 24.0 Å². The predicted octanol–water partition coefficient (Wildman–Crippen LogP) is -3.60. The number of aliphatic hydroxyl groups excluding tert-OH is 3. The van der Waals surface area contributed by atoms with Crippen LogP contribution in [0.2, 0.25) is 0 Å². The van der Waals surface area contributed by atoms with Crippen LogP contribution < -0.4 is 10.1 Å². The molecule has 0 aliphatic carbocycles. The Morgan fingerprint density at radius 2 is 2.26 bits per heavy atom. The van der Waals surface area contributed by atoms with Crippen molar-refractivity contribution >= 4 is 17.1 Å². The van der Waals surface area contributed by atoms with Crippen LogP contribution in [0, 0.1) is 0 Å². The molecule has 5 N–H and O–H groups in total. The Kier molecular flexibility index (Phi) is 3.44. The van der Waals surface area contributed by atoms with Crippen LogP contribution in [0.25, 0.3) is 11.2 Å². The van der Waals surface area contributed by atoms with Gasteiger partial charge in [0.2, 0.25) is 5.52 Å². The molecule has 0 bridgehead atoms. The third-order valence-corrected chi connectivity index (χ3v) is 3.96. The number of carbonyl (C=O) groups is 1. The van der Waals surface area contributed by atoms with Crippen molar-refractivity contribution in [1.82, 2.24) is 14.5 Å². The minimum atomic E-state index is -2.42. The van der Waals surface area contributed by atoms with Gasteiger partial charge >= 0.3 is 17.3 Å². The van der Waals surface area contributed by atoms with E-state index in [9.17, 15) is 30.0 Å². The largest absolute Gasteiger partial charge is 0.476 e. The molecular formula is C12H15N4O7+. The van der Waals surface area contributed by atoms with Gasteiger partial charge in [0.25, 0.3) is 5.56 Å². The number of carboxylic acid groups (broad SMARTS) is 1. The van der Waals surface area contributed by atoms with Crippen molar-refractivity contribution in [1.29, 1.82) is 0 Å². The molecule has 1 aliphatic heterocycles. The molecule has 23 heavy (non-hydrogen) atoms. The molecule has 2 aromatic heterocycles. The number of H-pyrrole nitrogens is 1. The molecule has 0 unspecified atom stereocenters. The van der Waals surface area contributed by atoms with Crippen LogP contribution in [0.5, 0.6) is 0 Å². The fraction of sp³-hybridized carbons (Fsp3) is 0.500. The molecule has 124 valence electrons. The van der Waals surface area contributed by atoms with Gasteiger partial charge < -0.3 is 25.2 Å². The lowest BCUT2D eigenvalue weighted by atomic mass is 10.0. The van der Waals surface area contributed by atoms with E-state index in [2.05, 4.69) is 9.97 Å². The Morgan fingerprint density at radius 1 is 1.57 bits per heavy atom. The Labute approximate surface area is 128 Å². The van der Waals surface area contributed by atoms with E-state index in [0.717, 1.165) is 10.9 Å². The van der Waals surface area contributed by atoms with E-state index in [0.29, 0.717) is 0 Å². The zero-order valence-corrected chi connectivity index (χ0v) is 11.9. The first-order chi connectivity index (χ1) is 10.8. The van der Waals surface area contributed by atoms with Gasteiger partial charge in [-0.1, -0.05) is 4.98 Å². The predicted molar refractivity (Wildman–Crippen MR) is 71.1 cm³/mol. The minimum Gasteiger partial charge on any atom is -0.476 e. The van der Waals surface area contributed by atoms with E-state index in [1.165, 1.54) is 17.9 Å². The third kappa shape index (κ3) is 1.91. The average Bonchev–Trinajstić information content (AvgIpc) is 2.98. The molecule has 11 heteroatoms. The number of carboxylic acids is 1. The number of nitrogens with one attached hydrogen (secondary N) is 1. The van der Waals surface area contributed by atoms with Gasteiger partial charge in [-0.25, -0.2) is 4.79 Å². The van der Waals surface area contributed by atoms with Crippen LogP contribution in [0.3, 0.4) is 0 Å². The number of hydrogen-bond acceptors (Lipinski definition) is 7. The molecule has 3 heterocycles. The highest BCUT2D eigenvalue weighted by Crippen LogP contribution is 2.32. The second kappa shape index (κ2) is 5.09. The fourth-order valence-electron chi connectivity index (χ4n) is 2.84. The van der Waals surface area contributed by atoms with Crippen molar-refractivity contribution < 1.29 is 34.5 Å². The van der Waals surface area contributed by atoms with E-state index in [1.54, 1.807) is 0 Å². The molecule has 11 nitrogen and oxygen atoms in total. The Bertz CT molecular complexity index is 830. The Balaban J connectivity index is 2.32. The molecule has 0 saturated carbocycles. The number of hydrogen-bond donors (Lipinski definition) is 5. The molecule has 1 saturated heterocycles. The lowest BCUT2D eigenvalue weighted by Crippen LogP contribution is -2.67. The van der Waals surface area contributed by atoms with E-state index in [-0.39, 0.29) is 11.2 Å². The van der Waals surface area contributed by atoms with Crippen LogP contribution in [0.4, 0.5) is 0 Å². The summed E-state index contributed by atoms with van der Waals surface area (Å²) in [5, 5.41) is 39.0. The number of aryl methyl sites for hydroxylation is 1. The van der Waals surface area contributed by atoms with Crippen LogP contribution >= 0.6 is 0 Å². The van der Waals surface area contributed by atoms with Gasteiger partial charge in [0, 0.05) is 0 Å². The topological polar surface area (TPSA) is 162 Å². The van der Waals surface area contributed by atoms with Crippen LogP contribution in [-0.4, -0.2) is 65.8 Å². The normalized spacial score (nSPS) is 30.9. The summed E-state index contributed by atoms with van der Waals surface area (Å²) in [4.78, 5) is 30.0. The van der Waals surface area contributed by atoms with Gasteiger partial charge in [-0.3, -0.25) is 14.3 Å². The van der Waals surface area contributed by atoms with E-state index >= 15 is 0 Å². The highest BCUT2D eigenvalue weighted by molar-refractivity contribution is 5.75. The summed E-state index contributed by atoms with van der Waals surface area (Å²) < 4.78 is 7.56. The highest BCUT2D eigenvalue weighted by Gasteiger charge is 2.64. The maximum absolute atomic E-state index is 11.9. The quantitative estimate of drug-likeness (QED) is 0.361. The van der Waals surface area contributed by atoms with Crippen molar-refractivity contribution in [3.05, 3.63) is 23.0 Å². The van der Waals surface area contributed by atoms with Gasteiger partial charge in [-0.15, -0.1) is 0 Å². The maximum atomic E-state index is 11.9. The van der Waals surface area contributed by atoms with Crippen LogP contribution in [-0.2, 0) is 22.3 Å². The Morgan fingerprint density at radius 3 is 2.83 bits per heavy atom. The van der Waals surface area contributed by atoms with Gasteiger partial charge in [0.15, 0.2) is 18.8 Å². The monoisotopic (exact) mass is 327 g/mol. The van der Waals surface area contributed by atoms with E-state index in [1.807, 2.05) is 0 Å². The number of aliphatic hydroxyl groups is 3. The minimum absolute atomic E-state index is 0.0523. The lowest BCUT2D eigenvalue weighted by Gasteiger charge is -2.24. The van der Waals surface area contributed by atoms with E-state index in [4.69, 9.17) is 4.74 Å². The summed E-state index contributed by atoms with van der Waals surface area (Å²) in [5.41, 5.74) is -2.93. The summed E-state index contributed by atoms with van der Waals surface area (Å²) >= 11 is 0. The molecule has 1 fully saturated rings. The SMILES string of the molecule is Cn1c[n+]([C@]2(C(=O)O)O[C@H](CO)[C@@H](O)[C@H]2O)c2nc[nH]c(=O)c21. The second-order valence-electron chi connectivity index (χ2n) is 5.28. The molecular weight excluding hydrogens is 312 g/mol. The first-order valence-electron chi connectivity index (χ1n) is 6.67. The number of imidazole rings is 1. The van der Waals surface area contributed by atoms with Gasteiger partial charge in [0.1, 0.15) is 12.2 Å². The molecule has 0 aromatic carbocycles. The third-order valence-electron chi connectivity index (χ3n) is 3.96. The van der Waals surface area contributed by atoms with Crippen LogP contribution in [0.1, 0.15) is 0 Å². The number of nitrogens with zero attached hydrogens (tertiary/aromatic N) is 3. The maximum Gasteiger partial charge on any atom is 0.376 e. The summed E-state index contributed by atoms with van der Waals surface area (Å²) in [6.07, 6.45) is -2.50. The van der Waals surface area contributed by atoms with Crippen molar-refractivity contribution in [2.24, 2.45) is 7.05 Å². The fourth-order valence-corrected chi connectivity index (χ4v) is 2.84. The molecule has 0 amide bonds. The summed E-state index contributed by atoms with van der Waals surface area (Å²) in [6, 6.07) is 0. The lowest BCUT2D eigenvalue weighted by molar-refractivity contribution is -0.778. The summed E-state index contributed by atoms with van der Waals surface area (Å²) in [5.74, 6) is -1.60. The van der Waals surface area contributed by atoms with Crippen molar-refractivity contribution in [3.63, 3.8) is 0 Å². The van der Waals surface area contributed by atoms with Gasteiger partial charge in [0.05, 0.1) is 13.7 Å². The number of fused-ring (bicyclic) bond motifs is 1. The van der Waals surface area contributed by atoms with Gasteiger partial charge in [-0.05, 0) is 0 Å². The molecule has 2 aromatic rings.